The summed E-state index contributed by atoms with van der Waals surface area (Å²) in [6.45, 7) is 3.33. The fourth-order valence-electron chi connectivity index (χ4n) is 1.48. The van der Waals surface area contributed by atoms with Gasteiger partial charge in [0.25, 0.3) is 0 Å². The summed E-state index contributed by atoms with van der Waals surface area (Å²) in [6.07, 6.45) is 5.34. The van der Waals surface area contributed by atoms with E-state index in [2.05, 4.69) is 5.92 Å². The molecule has 0 saturated carbocycles. The molecule has 0 unspecified atom stereocenters. The quantitative estimate of drug-likeness (QED) is 0.787. The van der Waals surface area contributed by atoms with E-state index < -0.39 is 15.6 Å². The molecule has 0 heterocycles. The second-order valence-electron chi connectivity index (χ2n) is 4.74. The first-order valence-electron chi connectivity index (χ1n) is 5.66. The number of terminal acetylenes is 1. The number of hydrogen-bond donors (Lipinski definition) is 0. The van der Waals surface area contributed by atoms with E-state index in [1.54, 1.807) is 38.1 Å². The molecule has 0 aliphatic heterocycles. The highest BCUT2D eigenvalue weighted by Crippen LogP contribution is 2.19. The fourth-order valence-corrected chi connectivity index (χ4v) is 3.02. The minimum Gasteiger partial charge on any atom is -0.212 e. The van der Waals surface area contributed by atoms with Crippen LogP contribution in [0.2, 0.25) is 0 Å². The molecule has 0 aliphatic carbocycles. The van der Waals surface area contributed by atoms with Crippen LogP contribution in [0.3, 0.4) is 0 Å². The van der Waals surface area contributed by atoms with E-state index in [-0.39, 0.29) is 5.75 Å². The molecule has 0 amide bonds. The summed E-state index contributed by atoms with van der Waals surface area (Å²) in [5.74, 6) is 2.27. The molecule has 0 saturated heterocycles. The second-order valence-corrected chi connectivity index (χ2v) is 6.74. The summed E-state index contributed by atoms with van der Waals surface area (Å²) in [7, 11) is -2.07. The lowest BCUT2D eigenvalue weighted by molar-refractivity contribution is 0.340. The van der Waals surface area contributed by atoms with Gasteiger partial charge in [0.2, 0.25) is 10.0 Å². The number of rotatable bonds is 4. The van der Waals surface area contributed by atoms with E-state index >= 15 is 0 Å². The van der Waals surface area contributed by atoms with Crippen LogP contribution < -0.4 is 0 Å². The van der Waals surface area contributed by atoms with Crippen molar-refractivity contribution < 1.29 is 8.42 Å². The molecule has 0 aromatic heterocycles. The van der Waals surface area contributed by atoms with Crippen LogP contribution in [0.1, 0.15) is 25.0 Å². The van der Waals surface area contributed by atoms with Gasteiger partial charge in [-0.15, -0.1) is 6.42 Å². The molecule has 0 atom stereocenters. The Bertz CT molecular complexity index is 649. The average Bonchev–Trinajstić information content (AvgIpc) is 2.37. The highest BCUT2D eigenvalue weighted by Gasteiger charge is 2.31. The normalized spacial score (nSPS) is 11.9. The Morgan fingerprint density at radius 2 is 2.05 bits per heavy atom. The summed E-state index contributed by atoms with van der Waals surface area (Å²) in [5.41, 5.74) is 0.122. The van der Waals surface area contributed by atoms with Gasteiger partial charge in [-0.3, -0.25) is 0 Å². The molecule has 0 spiro atoms. The van der Waals surface area contributed by atoms with Crippen LogP contribution >= 0.6 is 0 Å². The van der Waals surface area contributed by atoms with E-state index in [0.29, 0.717) is 11.1 Å². The maximum absolute atomic E-state index is 12.3. The second kappa shape index (κ2) is 5.44. The molecule has 0 aliphatic rings. The zero-order valence-corrected chi connectivity index (χ0v) is 12.0. The Hall–Kier alpha value is -1.82. The molecule has 1 aromatic carbocycles. The molecule has 0 radical (unpaired) electrons. The number of nitrogens with zero attached hydrogens (tertiary/aromatic N) is 2. The van der Waals surface area contributed by atoms with E-state index in [9.17, 15) is 8.42 Å². The molecule has 19 heavy (non-hydrogen) atoms. The van der Waals surface area contributed by atoms with E-state index in [1.807, 2.05) is 6.07 Å². The number of hydrogen-bond acceptors (Lipinski definition) is 3. The molecular weight excluding hydrogens is 260 g/mol. The van der Waals surface area contributed by atoms with Crippen molar-refractivity contribution in [1.29, 1.82) is 5.26 Å². The Balaban J connectivity index is 3.05. The van der Waals surface area contributed by atoms with Crippen molar-refractivity contribution in [2.24, 2.45) is 0 Å². The largest absolute Gasteiger partial charge is 0.219 e. The monoisotopic (exact) mass is 276 g/mol. The van der Waals surface area contributed by atoms with Gasteiger partial charge in [0.1, 0.15) is 0 Å². The van der Waals surface area contributed by atoms with Crippen LogP contribution in [-0.4, -0.2) is 25.3 Å². The van der Waals surface area contributed by atoms with Crippen LogP contribution in [0.4, 0.5) is 0 Å². The van der Waals surface area contributed by atoms with Crippen LogP contribution in [-0.2, 0) is 15.8 Å². The molecular formula is C14H16N2O2S. The highest BCUT2D eigenvalue weighted by molar-refractivity contribution is 7.88. The maximum Gasteiger partial charge on any atom is 0.219 e. The third kappa shape index (κ3) is 3.57. The van der Waals surface area contributed by atoms with Gasteiger partial charge in [0.15, 0.2) is 0 Å². The van der Waals surface area contributed by atoms with Crippen molar-refractivity contribution in [1.82, 2.24) is 4.31 Å². The van der Waals surface area contributed by atoms with Gasteiger partial charge in [0, 0.05) is 7.05 Å². The Morgan fingerprint density at radius 1 is 1.42 bits per heavy atom. The predicted molar refractivity (Wildman–Crippen MR) is 74.5 cm³/mol. The van der Waals surface area contributed by atoms with E-state index in [0.717, 1.165) is 0 Å². The number of nitriles is 1. The zero-order valence-electron chi connectivity index (χ0n) is 11.2. The minimum absolute atomic E-state index is 0.176. The van der Waals surface area contributed by atoms with Crippen molar-refractivity contribution in [3.63, 3.8) is 0 Å². The first-order valence-corrected chi connectivity index (χ1v) is 7.27. The molecule has 4 nitrogen and oxygen atoms in total. The van der Waals surface area contributed by atoms with Gasteiger partial charge in [-0.1, -0.05) is 18.1 Å². The average molecular weight is 276 g/mol. The molecule has 5 heteroatoms. The summed E-state index contributed by atoms with van der Waals surface area (Å²) in [6, 6.07) is 8.52. The summed E-state index contributed by atoms with van der Waals surface area (Å²) in [4.78, 5) is 0. The molecule has 0 N–H and O–H groups in total. The highest BCUT2D eigenvalue weighted by atomic mass is 32.2. The molecule has 100 valence electrons. The lowest BCUT2D eigenvalue weighted by Crippen LogP contribution is -2.44. The SMILES string of the molecule is C#CC(C)(C)N(C)S(=O)(=O)Cc1cccc(C#N)c1. The van der Waals surface area contributed by atoms with Crippen molar-refractivity contribution >= 4 is 10.0 Å². The lowest BCUT2D eigenvalue weighted by Gasteiger charge is -2.29. The third-order valence-corrected chi connectivity index (χ3v) is 4.95. The summed E-state index contributed by atoms with van der Waals surface area (Å²) < 4.78 is 25.7. The van der Waals surface area contributed by atoms with Gasteiger partial charge >= 0.3 is 0 Å². The van der Waals surface area contributed by atoms with Gasteiger partial charge in [-0.05, 0) is 31.5 Å². The van der Waals surface area contributed by atoms with Gasteiger partial charge < -0.3 is 0 Å². The standard InChI is InChI=1S/C14H16N2O2S/c1-5-14(2,3)16(4)19(17,18)11-13-8-6-7-12(9-13)10-15/h1,6-9H,11H2,2-4H3. The summed E-state index contributed by atoms with van der Waals surface area (Å²) in [5, 5.41) is 8.80. The molecule has 1 rings (SSSR count). The van der Waals surface area contributed by atoms with Gasteiger partial charge in [-0.2, -0.15) is 9.57 Å². The van der Waals surface area contributed by atoms with Gasteiger partial charge in [0.05, 0.1) is 22.9 Å². The fraction of sp³-hybridized carbons (Fsp3) is 0.357. The van der Waals surface area contributed by atoms with E-state index in [4.69, 9.17) is 11.7 Å². The van der Waals surface area contributed by atoms with Crippen LogP contribution in [0.25, 0.3) is 0 Å². The Kier molecular flexibility index (Phi) is 4.36. The van der Waals surface area contributed by atoms with Crippen molar-refractivity contribution in [2.45, 2.75) is 25.1 Å². The topological polar surface area (TPSA) is 61.2 Å². The van der Waals surface area contributed by atoms with E-state index in [1.165, 1.54) is 11.4 Å². The molecule has 1 aromatic rings. The zero-order chi connectivity index (χ0) is 14.7. The van der Waals surface area contributed by atoms with Crippen molar-refractivity contribution in [3.8, 4) is 18.4 Å². The first kappa shape index (κ1) is 15.2. The lowest BCUT2D eigenvalue weighted by atomic mass is 10.1. The van der Waals surface area contributed by atoms with Crippen molar-refractivity contribution in [2.75, 3.05) is 7.05 Å². The smallest absolute Gasteiger partial charge is 0.212 e. The maximum atomic E-state index is 12.3. The summed E-state index contributed by atoms with van der Waals surface area (Å²) >= 11 is 0. The van der Waals surface area contributed by atoms with Gasteiger partial charge in [-0.25, -0.2) is 8.42 Å². The van der Waals surface area contributed by atoms with Crippen LogP contribution in [0.5, 0.6) is 0 Å². The third-order valence-electron chi connectivity index (χ3n) is 2.96. The van der Waals surface area contributed by atoms with Crippen LogP contribution in [0, 0.1) is 23.7 Å². The number of benzene rings is 1. The molecule has 0 bridgehead atoms. The Labute approximate surface area is 114 Å². The van der Waals surface area contributed by atoms with Crippen LogP contribution in [0.15, 0.2) is 24.3 Å². The first-order chi connectivity index (χ1) is 8.73. The molecule has 0 fully saturated rings. The number of sulfonamides is 1. The van der Waals surface area contributed by atoms with Crippen molar-refractivity contribution in [3.05, 3.63) is 35.4 Å². The minimum atomic E-state index is -3.53. The predicted octanol–water partition coefficient (Wildman–Crippen LogP) is 1.73. The Morgan fingerprint density at radius 3 is 2.58 bits per heavy atom.